The number of benzene rings is 1. The van der Waals surface area contributed by atoms with Gasteiger partial charge in [0.1, 0.15) is 5.82 Å². The zero-order valence-corrected chi connectivity index (χ0v) is 9.97. The molecule has 1 aromatic carbocycles. The monoisotopic (exact) mass is 249 g/mol. The van der Waals surface area contributed by atoms with Crippen LogP contribution in [0, 0.1) is 5.82 Å². The van der Waals surface area contributed by atoms with Gasteiger partial charge in [-0.1, -0.05) is 18.2 Å². The molecule has 17 heavy (non-hydrogen) atoms. The molecule has 1 N–H and O–H groups in total. The van der Waals surface area contributed by atoms with Crippen molar-refractivity contribution in [1.82, 2.24) is 5.32 Å². The molecule has 88 valence electrons. The molecule has 1 heterocycles. The van der Waals surface area contributed by atoms with Crippen LogP contribution in [-0.2, 0) is 6.42 Å². The third-order valence-corrected chi connectivity index (χ3v) is 3.10. The van der Waals surface area contributed by atoms with E-state index in [9.17, 15) is 9.18 Å². The summed E-state index contributed by atoms with van der Waals surface area (Å²) in [5.74, 6) is -0.333. The fourth-order valence-corrected chi connectivity index (χ4v) is 2.14. The van der Waals surface area contributed by atoms with Gasteiger partial charge in [0, 0.05) is 17.5 Å². The van der Waals surface area contributed by atoms with Crippen LogP contribution < -0.4 is 5.32 Å². The molecule has 0 saturated heterocycles. The summed E-state index contributed by atoms with van der Waals surface area (Å²) in [7, 11) is 0. The Hall–Kier alpha value is -1.68. The lowest BCUT2D eigenvalue weighted by Gasteiger charge is -2.04. The Morgan fingerprint density at radius 1 is 1.29 bits per heavy atom. The lowest BCUT2D eigenvalue weighted by Crippen LogP contribution is -2.25. The smallest absolute Gasteiger partial charge is 0.252 e. The van der Waals surface area contributed by atoms with Gasteiger partial charge < -0.3 is 5.32 Å². The molecule has 0 fully saturated rings. The summed E-state index contributed by atoms with van der Waals surface area (Å²) >= 11 is 1.48. The van der Waals surface area contributed by atoms with E-state index in [-0.39, 0.29) is 11.7 Å². The molecule has 2 rings (SSSR count). The summed E-state index contributed by atoms with van der Waals surface area (Å²) in [6.07, 6.45) is 0.503. The highest BCUT2D eigenvalue weighted by molar-refractivity contribution is 7.08. The van der Waals surface area contributed by atoms with Crippen LogP contribution in [0.1, 0.15) is 15.9 Å². The Kier molecular flexibility index (Phi) is 3.88. The number of hydrogen-bond acceptors (Lipinski definition) is 2. The number of hydrogen-bond donors (Lipinski definition) is 1. The summed E-state index contributed by atoms with van der Waals surface area (Å²) in [5, 5.41) is 6.40. The van der Waals surface area contributed by atoms with Crippen molar-refractivity contribution in [3.05, 3.63) is 58.0 Å². The fourth-order valence-electron chi connectivity index (χ4n) is 1.51. The molecule has 0 atom stereocenters. The number of halogens is 1. The summed E-state index contributed by atoms with van der Waals surface area (Å²) in [5.41, 5.74) is 1.28. The molecule has 0 saturated carbocycles. The summed E-state index contributed by atoms with van der Waals surface area (Å²) in [4.78, 5) is 11.6. The Balaban J connectivity index is 1.84. The van der Waals surface area contributed by atoms with Gasteiger partial charge in [0.05, 0.1) is 0 Å². The van der Waals surface area contributed by atoms with Gasteiger partial charge >= 0.3 is 0 Å². The molecule has 0 bridgehead atoms. The first-order valence-corrected chi connectivity index (χ1v) is 6.25. The van der Waals surface area contributed by atoms with Gasteiger partial charge in [-0.2, -0.15) is 11.3 Å². The molecule has 2 aromatic rings. The lowest BCUT2D eigenvalue weighted by molar-refractivity contribution is 0.0954. The number of amides is 1. The van der Waals surface area contributed by atoms with Gasteiger partial charge in [0.15, 0.2) is 0 Å². The van der Waals surface area contributed by atoms with E-state index < -0.39 is 0 Å². The highest BCUT2D eigenvalue weighted by Crippen LogP contribution is 2.07. The van der Waals surface area contributed by atoms with Gasteiger partial charge in [0.25, 0.3) is 5.91 Å². The van der Waals surface area contributed by atoms with Crippen LogP contribution in [0.3, 0.4) is 0 Å². The summed E-state index contributed by atoms with van der Waals surface area (Å²) in [6, 6.07) is 8.37. The van der Waals surface area contributed by atoms with Crippen molar-refractivity contribution < 1.29 is 9.18 Å². The molecule has 0 aliphatic carbocycles. The van der Waals surface area contributed by atoms with Crippen molar-refractivity contribution >= 4 is 17.2 Å². The Morgan fingerprint density at radius 2 is 2.12 bits per heavy atom. The van der Waals surface area contributed by atoms with Crippen molar-refractivity contribution in [2.75, 3.05) is 6.54 Å². The van der Waals surface area contributed by atoms with Crippen LogP contribution in [0.25, 0.3) is 0 Å². The van der Waals surface area contributed by atoms with Crippen molar-refractivity contribution in [2.24, 2.45) is 0 Å². The van der Waals surface area contributed by atoms with Crippen molar-refractivity contribution in [2.45, 2.75) is 6.42 Å². The fraction of sp³-hybridized carbons (Fsp3) is 0.154. The Labute approximate surface area is 103 Å². The van der Waals surface area contributed by atoms with Crippen LogP contribution >= 0.6 is 11.3 Å². The molecule has 0 unspecified atom stereocenters. The number of thiophene rings is 1. The third kappa shape index (κ3) is 3.14. The van der Waals surface area contributed by atoms with E-state index in [1.807, 2.05) is 5.38 Å². The minimum Gasteiger partial charge on any atom is -0.352 e. The second-order valence-corrected chi connectivity index (χ2v) is 4.39. The van der Waals surface area contributed by atoms with Crippen molar-refractivity contribution in [1.29, 1.82) is 0 Å². The van der Waals surface area contributed by atoms with Gasteiger partial charge in [-0.15, -0.1) is 0 Å². The molecule has 2 nitrogen and oxygen atoms in total. The second-order valence-electron chi connectivity index (χ2n) is 3.61. The third-order valence-electron chi connectivity index (χ3n) is 2.42. The normalized spacial score (nSPS) is 10.2. The first-order valence-electron chi connectivity index (χ1n) is 5.31. The topological polar surface area (TPSA) is 29.1 Å². The minimum absolute atomic E-state index is 0.109. The number of carbonyl (C=O) groups excluding carboxylic acids is 1. The maximum atomic E-state index is 13.3. The van der Waals surface area contributed by atoms with E-state index >= 15 is 0 Å². The standard InChI is InChI=1S/C13H12FNOS/c14-12-4-2-1-3-10(12)5-7-15-13(16)11-6-8-17-9-11/h1-4,6,8-9H,5,7H2,(H,15,16). The number of nitrogens with one attached hydrogen (secondary N) is 1. The predicted molar refractivity (Wildman–Crippen MR) is 66.8 cm³/mol. The summed E-state index contributed by atoms with van der Waals surface area (Å²) < 4.78 is 13.3. The van der Waals surface area contributed by atoms with E-state index in [1.165, 1.54) is 17.4 Å². The van der Waals surface area contributed by atoms with Crippen LogP contribution in [0.2, 0.25) is 0 Å². The van der Waals surface area contributed by atoms with Crippen LogP contribution in [-0.4, -0.2) is 12.5 Å². The Bertz CT molecular complexity index is 496. The number of rotatable bonds is 4. The van der Waals surface area contributed by atoms with Crippen LogP contribution in [0.4, 0.5) is 4.39 Å². The lowest BCUT2D eigenvalue weighted by atomic mass is 10.1. The van der Waals surface area contributed by atoms with Crippen LogP contribution in [0.5, 0.6) is 0 Å². The predicted octanol–water partition coefficient (Wildman–Crippen LogP) is 2.86. The molecule has 0 spiro atoms. The molecule has 0 aliphatic heterocycles. The van der Waals surface area contributed by atoms with E-state index in [0.29, 0.717) is 24.1 Å². The Morgan fingerprint density at radius 3 is 2.82 bits per heavy atom. The van der Waals surface area contributed by atoms with Crippen molar-refractivity contribution in [3.63, 3.8) is 0 Å². The molecular formula is C13H12FNOS. The molecule has 4 heteroatoms. The summed E-state index contributed by atoms with van der Waals surface area (Å²) in [6.45, 7) is 0.440. The molecule has 1 aromatic heterocycles. The maximum Gasteiger partial charge on any atom is 0.252 e. The largest absolute Gasteiger partial charge is 0.352 e. The second kappa shape index (κ2) is 5.59. The zero-order chi connectivity index (χ0) is 12.1. The van der Waals surface area contributed by atoms with Gasteiger partial charge in [-0.25, -0.2) is 4.39 Å². The minimum atomic E-state index is -0.225. The van der Waals surface area contributed by atoms with Gasteiger partial charge in [0.2, 0.25) is 0 Å². The first kappa shape index (κ1) is 11.8. The highest BCUT2D eigenvalue weighted by Gasteiger charge is 2.05. The van der Waals surface area contributed by atoms with Gasteiger partial charge in [-0.05, 0) is 29.5 Å². The van der Waals surface area contributed by atoms with E-state index in [4.69, 9.17) is 0 Å². The molecule has 1 amide bonds. The maximum absolute atomic E-state index is 13.3. The molecular weight excluding hydrogens is 237 g/mol. The first-order chi connectivity index (χ1) is 8.27. The SMILES string of the molecule is O=C(NCCc1ccccc1F)c1ccsc1. The highest BCUT2D eigenvalue weighted by atomic mass is 32.1. The van der Waals surface area contributed by atoms with Crippen molar-refractivity contribution in [3.8, 4) is 0 Å². The average Bonchev–Trinajstić information content (AvgIpc) is 2.85. The average molecular weight is 249 g/mol. The zero-order valence-electron chi connectivity index (χ0n) is 9.15. The molecule has 0 aliphatic rings. The van der Waals surface area contributed by atoms with Crippen LogP contribution in [0.15, 0.2) is 41.1 Å². The number of carbonyl (C=O) groups is 1. The van der Waals surface area contributed by atoms with E-state index in [0.717, 1.165) is 0 Å². The van der Waals surface area contributed by atoms with E-state index in [1.54, 1.807) is 29.6 Å². The molecule has 0 radical (unpaired) electrons. The van der Waals surface area contributed by atoms with E-state index in [2.05, 4.69) is 5.32 Å². The van der Waals surface area contributed by atoms with Gasteiger partial charge in [-0.3, -0.25) is 4.79 Å². The quantitative estimate of drug-likeness (QED) is 0.887.